The van der Waals surface area contributed by atoms with E-state index < -0.39 is 11.6 Å². The van der Waals surface area contributed by atoms with Crippen LogP contribution in [0.15, 0.2) is 24.3 Å². The quantitative estimate of drug-likeness (QED) is 0.847. The van der Waals surface area contributed by atoms with Crippen LogP contribution in [0.5, 0.6) is 0 Å². The fraction of sp³-hybridized carbons (Fsp3) is 0.412. The molecule has 0 spiro atoms. The average molecular weight is 358 g/mol. The highest BCUT2D eigenvalue weighted by molar-refractivity contribution is 7.22. The Bertz CT molecular complexity index is 858. The molecule has 2 aromatic rings. The van der Waals surface area contributed by atoms with Crippen molar-refractivity contribution >= 4 is 44.5 Å². The molecular formula is C17H18N4O3S. The van der Waals surface area contributed by atoms with Crippen LogP contribution in [-0.2, 0) is 9.59 Å². The minimum atomic E-state index is -0.869. The minimum Gasteiger partial charge on any atom is -0.323 e. The summed E-state index contributed by atoms with van der Waals surface area (Å²) in [5, 5.41) is 3.30. The number of carbonyl (C=O) groups excluding carboxylic acids is 3. The molecule has 1 aromatic heterocycles. The van der Waals surface area contributed by atoms with Gasteiger partial charge < -0.3 is 5.32 Å². The van der Waals surface area contributed by atoms with Gasteiger partial charge in [0.15, 0.2) is 5.13 Å². The van der Waals surface area contributed by atoms with Gasteiger partial charge in [0.05, 0.1) is 10.2 Å². The third-order valence-corrected chi connectivity index (χ3v) is 6.04. The van der Waals surface area contributed by atoms with Crippen LogP contribution in [0.3, 0.4) is 0 Å². The van der Waals surface area contributed by atoms with Crippen LogP contribution in [-0.4, -0.2) is 46.9 Å². The molecule has 4 rings (SSSR count). The van der Waals surface area contributed by atoms with Gasteiger partial charge in [0.1, 0.15) is 12.1 Å². The highest BCUT2D eigenvalue weighted by Gasteiger charge is 2.56. The SMILES string of the molecule is CN(C(=O)CN1C(=O)NC(C)(C2CC2)C1=O)c1nc2ccccc2s1. The highest BCUT2D eigenvalue weighted by Crippen LogP contribution is 2.42. The van der Waals surface area contributed by atoms with E-state index in [0.717, 1.165) is 28.0 Å². The Morgan fingerprint density at radius 2 is 2.12 bits per heavy atom. The van der Waals surface area contributed by atoms with Gasteiger partial charge in [0.25, 0.3) is 5.91 Å². The van der Waals surface area contributed by atoms with E-state index in [2.05, 4.69) is 10.3 Å². The number of hydrogen-bond donors (Lipinski definition) is 1. The fourth-order valence-electron chi connectivity index (χ4n) is 3.15. The summed E-state index contributed by atoms with van der Waals surface area (Å²) in [6, 6.07) is 7.13. The van der Waals surface area contributed by atoms with Crippen molar-refractivity contribution in [1.29, 1.82) is 0 Å². The van der Waals surface area contributed by atoms with Crippen molar-refractivity contribution in [3.63, 3.8) is 0 Å². The van der Waals surface area contributed by atoms with E-state index in [4.69, 9.17) is 0 Å². The Kier molecular flexibility index (Phi) is 3.54. The summed E-state index contributed by atoms with van der Waals surface area (Å²) >= 11 is 1.40. The molecule has 4 amide bonds. The summed E-state index contributed by atoms with van der Waals surface area (Å²) in [6.07, 6.45) is 1.85. The number of imide groups is 1. The largest absolute Gasteiger partial charge is 0.325 e. The maximum absolute atomic E-state index is 12.6. The number of thiazole rings is 1. The first-order valence-corrected chi connectivity index (χ1v) is 8.98. The fourth-order valence-corrected chi connectivity index (χ4v) is 4.09. The number of carbonyl (C=O) groups is 3. The molecule has 1 aliphatic heterocycles. The van der Waals surface area contributed by atoms with E-state index >= 15 is 0 Å². The number of likely N-dealkylation sites (N-methyl/N-ethyl adjacent to an activating group) is 1. The van der Waals surface area contributed by atoms with Crippen molar-refractivity contribution < 1.29 is 14.4 Å². The predicted molar refractivity (Wildman–Crippen MR) is 94.4 cm³/mol. The second-order valence-corrected chi connectivity index (χ2v) is 7.72. The molecule has 1 aliphatic carbocycles. The van der Waals surface area contributed by atoms with Gasteiger partial charge in [-0.1, -0.05) is 23.5 Å². The maximum atomic E-state index is 12.6. The Hall–Kier alpha value is -2.48. The van der Waals surface area contributed by atoms with Gasteiger partial charge in [0.2, 0.25) is 5.91 Å². The minimum absolute atomic E-state index is 0.172. The molecular weight excluding hydrogens is 340 g/mol. The number of fused-ring (bicyclic) bond motifs is 1. The van der Waals surface area contributed by atoms with Crippen molar-refractivity contribution in [2.45, 2.75) is 25.3 Å². The predicted octanol–water partition coefficient (Wildman–Crippen LogP) is 1.98. The summed E-state index contributed by atoms with van der Waals surface area (Å²) in [7, 11) is 1.61. The molecule has 25 heavy (non-hydrogen) atoms. The zero-order chi connectivity index (χ0) is 17.8. The van der Waals surface area contributed by atoms with Crippen LogP contribution < -0.4 is 10.2 Å². The first kappa shape index (κ1) is 16.0. The Morgan fingerprint density at radius 3 is 2.80 bits per heavy atom. The number of anilines is 1. The number of amides is 4. The van der Waals surface area contributed by atoms with E-state index in [9.17, 15) is 14.4 Å². The van der Waals surface area contributed by atoms with Crippen LogP contribution in [0.25, 0.3) is 10.2 Å². The number of para-hydroxylation sites is 1. The summed E-state index contributed by atoms with van der Waals surface area (Å²) < 4.78 is 0.980. The lowest BCUT2D eigenvalue weighted by molar-refractivity contribution is -0.134. The van der Waals surface area contributed by atoms with Crippen LogP contribution >= 0.6 is 11.3 Å². The Balaban J connectivity index is 1.51. The summed E-state index contributed by atoms with van der Waals surface area (Å²) in [5.41, 5.74) is -0.0512. The van der Waals surface area contributed by atoms with E-state index in [0.29, 0.717) is 5.13 Å². The first-order chi connectivity index (χ1) is 11.9. The molecule has 8 heteroatoms. The van der Waals surface area contributed by atoms with Gasteiger partial charge in [-0.25, -0.2) is 9.78 Å². The Morgan fingerprint density at radius 1 is 1.40 bits per heavy atom. The average Bonchev–Trinajstić information content (AvgIpc) is 3.33. The zero-order valence-electron chi connectivity index (χ0n) is 14.0. The molecule has 1 saturated heterocycles. The first-order valence-electron chi connectivity index (χ1n) is 8.16. The highest BCUT2D eigenvalue weighted by atomic mass is 32.1. The lowest BCUT2D eigenvalue weighted by atomic mass is 9.96. The molecule has 1 saturated carbocycles. The van der Waals surface area contributed by atoms with Crippen molar-refractivity contribution in [2.24, 2.45) is 5.92 Å². The zero-order valence-corrected chi connectivity index (χ0v) is 14.8. The second-order valence-electron chi connectivity index (χ2n) is 6.71. The monoisotopic (exact) mass is 358 g/mol. The summed E-state index contributed by atoms with van der Waals surface area (Å²) in [6.45, 7) is 1.46. The molecule has 0 radical (unpaired) electrons. The number of urea groups is 1. The molecule has 1 unspecified atom stereocenters. The molecule has 0 bridgehead atoms. The second kappa shape index (κ2) is 5.52. The number of hydrogen-bond acceptors (Lipinski definition) is 5. The molecule has 130 valence electrons. The van der Waals surface area contributed by atoms with Crippen molar-refractivity contribution in [3.05, 3.63) is 24.3 Å². The molecule has 1 aromatic carbocycles. The smallest absolute Gasteiger partial charge is 0.323 e. The van der Waals surface area contributed by atoms with E-state index in [1.54, 1.807) is 14.0 Å². The number of nitrogens with zero attached hydrogens (tertiary/aromatic N) is 3. The Labute approximate surface area is 148 Å². The topological polar surface area (TPSA) is 82.6 Å². The van der Waals surface area contributed by atoms with Gasteiger partial charge >= 0.3 is 6.03 Å². The number of rotatable bonds is 4. The molecule has 1 atom stereocenters. The van der Waals surface area contributed by atoms with Gasteiger partial charge in [-0.05, 0) is 37.8 Å². The van der Waals surface area contributed by atoms with Gasteiger partial charge in [-0.3, -0.25) is 19.4 Å². The van der Waals surface area contributed by atoms with E-state index in [-0.39, 0.29) is 24.3 Å². The molecule has 2 heterocycles. The van der Waals surface area contributed by atoms with Crippen molar-refractivity contribution in [3.8, 4) is 0 Å². The van der Waals surface area contributed by atoms with E-state index in [1.165, 1.54) is 16.2 Å². The third kappa shape index (κ3) is 2.57. The lowest BCUT2D eigenvalue weighted by Crippen LogP contribution is -2.47. The maximum Gasteiger partial charge on any atom is 0.325 e. The number of benzene rings is 1. The van der Waals surface area contributed by atoms with Gasteiger partial charge in [-0.15, -0.1) is 0 Å². The molecule has 2 fully saturated rings. The normalized spacial score (nSPS) is 23.2. The van der Waals surface area contributed by atoms with Gasteiger partial charge in [-0.2, -0.15) is 0 Å². The van der Waals surface area contributed by atoms with E-state index in [1.807, 2.05) is 24.3 Å². The molecule has 1 N–H and O–H groups in total. The molecule has 2 aliphatic rings. The van der Waals surface area contributed by atoms with Gasteiger partial charge in [0, 0.05) is 7.05 Å². The molecule has 7 nitrogen and oxygen atoms in total. The summed E-state index contributed by atoms with van der Waals surface area (Å²) in [4.78, 5) is 44.2. The number of nitrogens with one attached hydrogen (secondary N) is 1. The number of aromatic nitrogens is 1. The lowest BCUT2D eigenvalue weighted by Gasteiger charge is -2.21. The van der Waals surface area contributed by atoms with Crippen LogP contribution in [0.4, 0.5) is 9.93 Å². The van der Waals surface area contributed by atoms with Crippen molar-refractivity contribution in [1.82, 2.24) is 15.2 Å². The van der Waals surface area contributed by atoms with Crippen LogP contribution in [0.1, 0.15) is 19.8 Å². The van der Waals surface area contributed by atoms with Crippen LogP contribution in [0.2, 0.25) is 0 Å². The standard InChI is InChI=1S/C17H18N4O3S/c1-17(10-7-8-10)14(23)21(15(24)19-17)9-13(22)20(2)16-18-11-5-3-4-6-12(11)25-16/h3-6,10H,7-9H2,1-2H3,(H,19,24). The van der Waals surface area contributed by atoms with Crippen molar-refractivity contribution in [2.75, 3.05) is 18.5 Å². The summed E-state index contributed by atoms with van der Waals surface area (Å²) in [5.74, 6) is -0.486. The van der Waals surface area contributed by atoms with Crippen LogP contribution in [0, 0.1) is 5.92 Å². The third-order valence-electron chi connectivity index (χ3n) is 4.93.